The van der Waals surface area contributed by atoms with Crippen LogP contribution in [0.5, 0.6) is 0 Å². The maximum atomic E-state index is 5.75. The average molecular weight is 160 g/mol. The number of hydrogen-bond acceptors (Lipinski definition) is 2. The fourth-order valence-electron chi connectivity index (χ4n) is 1.64. The molecule has 1 heterocycles. The van der Waals surface area contributed by atoms with Crippen molar-refractivity contribution in [2.75, 3.05) is 5.73 Å². The quantitative estimate of drug-likeness (QED) is 0.597. The van der Waals surface area contributed by atoms with Crippen molar-refractivity contribution in [2.24, 2.45) is 0 Å². The van der Waals surface area contributed by atoms with Crippen LogP contribution in [0.2, 0.25) is 0 Å². The van der Waals surface area contributed by atoms with Crippen LogP contribution in [0.3, 0.4) is 0 Å². The molecule has 0 fully saturated rings. The van der Waals surface area contributed by atoms with E-state index in [4.69, 9.17) is 5.73 Å². The van der Waals surface area contributed by atoms with Gasteiger partial charge in [0.25, 0.3) is 0 Å². The summed E-state index contributed by atoms with van der Waals surface area (Å²) in [7, 11) is 0. The Morgan fingerprint density at radius 1 is 1.50 bits per heavy atom. The highest BCUT2D eigenvalue weighted by molar-refractivity contribution is 5.53. The van der Waals surface area contributed by atoms with E-state index in [0.29, 0.717) is 5.82 Å². The molecule has 1 aliphatic carbocycles. The van der Waals surface area contributed by atoms with Gasteiger partial charge < -0.3 is 5.73 Å². The number of aromatic nitrogens is 1. The van der Waals surface area contributed by atoms with Crippen LogP contribution in [-0.2, 0) is 0 Å². The summed E-state index contributed by atoms with van der Waals surface area (Å²) in [4.78, 5) is 4.06. The second kappa shape index (κ2) is 2.63. The summed E-state index contributed by atoms with van der Waals surface area (Å²) in [6, 6.07) is 2.04. The molecule has 0 aromatic carbocycles. The second-order valence-corrected chi connectivity index (χ2v) is 3.18. The zero-order valence-electron chi connectivity index (χ0n) is 7.17. The third-order valence-corrected chi connectivity index (χ3v) is 2.35. The predicted molar refractivity (Wildman–Crippen MR) is 50.7 cm³/mol. The largest absolute Gasteiger partial charge is 0.383 e. The number of anilines is 1. The van der Waals surface area contributed by atoms with Crippen LogP contribution in [-0.4, -0.2) is 4.98 Å². The molecule has 0 saturated carbocycles. The first-order valence-electron chi connectivity index (χ1n) is 4.19. The molecule has 1 aromatic rings. The molecule has 0 unspecified atom stereocenters. The van der Waals surface area contributed by atoms with Gasteiger partial charge in [0.15, 0.2) is 0 Å². The molecule has 12 heavy (non-hydrogen) atoms. The van der Waals surface area contributed by atoms with Crippen molar-refractivity contribution >= 4 is 17.5 Å². The Morgan fingerprint density at radius 3 is 3.08 bits per heavy atom. The molecule has 2 rings (SSSR count). The first kappa shape index (κ1) is 7.35. The van der Waals surface area contributed by atoms with Crippen LogP contribution >= 0.6 is 0 Å². The lowest BCUT2D eigenvalue weighted by Crippen LogP contribution is -2.32. The van der Waals surface area contributed by atoms with Crippen LogP contribution in [0.1, 0.15) is 19.8 Å². The zero-order valence-corrected chi connectivity index (χ0v) is 7.17. The van der Waals surface area contributed by atoms with Gasteiger partial charge in [-0.15, -0.1) is 0 Å². The minimum absolute atomic E-state index is 0.659. The van der Waals surface area contributed by atoms with E-state index in [-0.39, 0.29) is 0 Å². The highest BCUT2D eigenvalue weighted by Gasteiger charge is 2.01. The van der Waals surface area contributed by atoms with Crippen molar-refractivity contribution in [3.05, 3.63) is 22.7 Å². The lowest BCUT2D eigenvalue weighted by Gasteiger charge is -2.06. The number of nitrogens with zero attached hydrogens (tertiary/aromatic N) is 1. The van der Waals surface area contributed by atoms with Gasteiger partial charge in [0.05, 0.1) is 0 Å². The van der Waals surface area contributed by atoms with Gasteiger partial charge in [-0.2, -0.15) is 0 Å². The topological polar surface area (TPSA) is 38.9 Å². The van der Waals surface area contributed by atoms with Crippen molar-refractivity contribution < 1.29 is 0 Å². The normalized spacial score (nSPS) is 15.2. The van der Waals surface area contributed by atoms with Crippen molar-refractivity contribution in [1.29, 1.82) is 0 Å². The maximum Gasteiger partial charge on any atom is 0.130 e. The van der Waals surface area contributed by atoms with Crippen LogP contribution in [0.15, 0.2) is 12.3 Å². The standard InChI is InChI=1S/C10H12N2/c1-7-3-2-4-9-8(7)5-6-12-10(9)11/h4-6H,2-3H2,1H3,(H2,11,12). The SMILES string of the molecule is CC1=c2ccnc(N)c2=CCC1. The van der Waals surface area contributed by atoms with Crippen LogP contribution < -0.4 is 16.2 Å². The van der Waals surface area contributed by atoms with Crippen molar-refractivity contribution in [3.63, 3.8) is 0 Å². The van der Waals surface area contributed by atoms with E-state index in [2.05, 4.69) is 18.0 Å². The van der Waals surface area contributed by atoms with Gasteiger partial charge in [0.2, 0.25) is 0 Å². The van der Waals surface area contributed by atoms with Gasteiger partial charge in [-0.05, 0) is 31.1 Å². The molecule has 0 saturated heterocycles. The molecular formula is C10H12N2. The van der Waals surface area contributed by atoms with E-state index in [0.717, 1.165) is 18.1 Å². The van der Waals surface area contributed by atoms with Gasteiger partial charge in [0.1, 0.15) is 5.82 Å². The van der Waals surface area contributed by atoms with E-state index < -0.39 is 0 Å². The van der Waals surface area contributed by atoms with Gasteiger partial charge in [-0.25, -0.2) is 4.98 Å². The summed E-state index contributed by atoms with van der Waals surface area (Å²) in [6.07, 6.45) is 6.19. The highest BCUT2D eigenvalue weighted by atomic mass is 14.8. The van der Waals surface area contributed by atoms with Gasteiger partial charge in [-0.3, -0.25) is 0 Å². The van der Waals surface area contributed by atoms with E-state index in [1.54, 1.807) is 6.20 Å². The van der Waals surface area contributed by atoms with Crippen LogP contribution in [0, 0.1) is 0 Å². The number of nitrogens with two attached hydrogens (primary N) is 1. The zero-order chi connectivity index (χ0) is 8.55. The van der Waals surface area contributed by atoms with Crippen molar-refractivity contribution in [2.45, 2.75) is 19.8 Å². The van der Waals surface area contributed by atoms with E-state index >= 15 is 0 Å². The first-order chi connectivity index (χ1) is 5.79. The number of hydrogen-bond donors (Lipinski definition) is 1. The Kier molecular flexibility index (Phi) is 1.61. The van der Waals surface area contributed by atoms with Gasteiger partial charge >= 0.3 is 0 Å². The summed E-state index contributed by atoms with van der Waals surface area (Å²) in [5.74, 6) is 0.659. The minimum atomic E-state index is 0.659. The molecule has 0 aliphatic heterocycles. The Morgan fingerprint density at radius 2 is 2.33 bits per heavy atom. The van der Waals surface area contributed by atoms with E-state index in [1.807, 2.05) is 6.07 Å². The summed E-state index contributed by atoms with van der Waals surface area (Å²) in [5, 5.41) is 2.40. The molecule has 2 N–H and O–H groups in total. The van der Waals surface area contributed by atoms with E-state index in [9.17, 15) is 0 Å². The molecule has 0 radical (unpaired) electrons. The molecule has 2 heteroatoms. The summed E-state index contributed by atoms with van der Waals surface area (Å²) >= 11 is 0. The smallest absolute Gasteiger partial charge is 0.130 e. The summed E-state index contributed by atoms with van der Waals surface area (Å²) in [6.45, 7) is 2.16. The van der Waals surface area contributed by atoms with Crippen molar-refractivity contribution in [3.8, 4) is 0 Å². The highest BCUT2D eigenvalue weighted by Crippen LogP contribution is 2.06. The molecular weight excluding hydrogens is 148 g/mol. The number of fused-ring (bicyclic) bond motifs is 1. The van der Waals surface area contributed by atoms with Crippen LogP contribution in [0.25, 0.3) is 11.6 Å². The lowest BCUT2D eigenvalue weighted by molar-refractivity contribution is 1.06. The number of nitrogen functional groups attached to an aromatic ring is 1. The predicted octanol–water partition coefficient (Wildman–Crippen LogP) is 0.409. The fraction of sp³-hybridized carbons (Fsp3) is 0.300. The first-order valence-corrected chi connectivity index (χ1v) is 4.19. The van der Waals surface area contributed by atoms with Gasteiger partial charge in [0, 0.05) is 11.4 Å². The monoisotopic (exact) mass is 160 g/mol. The molecule has 0 bridgehead atoms. The molecule has 0 spiro atoms. The Balaban J connectivity index is 2.93. The molecule has 1 aromatic heterocycles. The Labute approximate surface area is 71.4 Å². The number of rotatable bonds is 0. The molecule has 1 aliphatic rings. The van der Waals surface area contributed by atoms with E-state index in [1.165, 1.54) is 10.8 Å². The third kappa shape index (κ3) is 0.998. The van der Waals surface area contributed by atoms with Crippen LogP contribution in [0.4, 0.5) is 5.82 Å². The maximum absolute atomic E-state index is 5.75. The third-order valence-electron chi connectivity index (χ3n) is 2.35. The lowest BCUT2D eigenvalue weighted by atomic mass is 10.0. The number of pyridine rings is 1. The molecule has 0 atom stereocenters. The second-order valence-electron chi connectivity index (χ2n) is 3.18. The summed E-state index contributed by atoms with van der Waals surface area (Å²) < 4.78 is 0. The molecule has 0 amide bonds. The summed E-state index contributed by atoms with van der Waals surface area (Å²) in [5.41, 5.74) is 7.17. The Hall–Kier alpha value is -1.31. The molecule has 62 valence electrons. The Bertz CT molecular complexity index is 418. The molecule has 2 nitrogen and oxygen atoms in total. The van der Waals surface area contributed by atoms with Gasteiger partial charge in [-0.1, -0.05) is 11.6 Å². The minimum Gasteiger partial charge on any atom is -0.383 e. The fourth-order valence-corrected chi connectivity index (χ4v) is 1.64. The average Bonchev–Trinajstić information content (AvgIpc) is 2.07. The van der Waals surface area contributed by atoms with Crippen molar-refractivity contribution in [1.82, 2.24) is 4.98 Å².